The number of ketones is 3. The summed E-state index contributed by atoms with van der Waals surface area (Å²) >= 11 is 6.26. The van der Waals surface area contributed by atoms with Gasteiger partial charge in [-0.25, -0.2) is 0 Å². The second-order valence-corrected chi connectivity index (χ2v) is 9.65. The molecule has 6 N–H and O–H groups in total. The number of Topliss-reactive ketones (excluding diaryl/α,β-unsaturated/α-hetero) is 3. The summed E-state index contributed by atoms with van der Waals surface area (Å²) < 4.78 is 0. The van der Waals surface area contributed by atoms with E-state index < -0.39 is 75.3 Å². The van der Waals surface area contributed by atoms with Gasteiger partial charge < -0.3 is 26.2 Å². The summed E-state index contributed by atoms with van der Waals surface area (Å²) in [5.74, 6) is -10.2. The number of halogens is 1. The van der Waals surface area contributed by atoms with Gasteiger partial charge in [0.2, 0.25) is 0 Å². The Balaban J connectivity index is 2.01. The third-order valence-electron chi connectivity index (χ3n) is 7.29. The minimum atomic E-state index is -2.79. The predicted octanol–water partition coefficient (Wildman–Crippen LogP) is -0.188. The van der Waals surface area contributed by atoms with Gasteiger partial charge in [0, 0.05) is 22.4 Å². The van der Waals surface area contributed by atoms with Crippen LogP contribution >= 0.6 is 11.6 Å². The topological polar surface area (TPSA) is 178 Å². The molecule has 1 fully saturated rings. The van der Waals surface area contributed by atoms with Crippen LogP contribution < -0.4 is 5.73 Å². The average Bonchev–Trinajstić information content (AvgIpc) is 2.69. The highest BCUT2D eigenvalue weighted by molar-refractivity contribution is 6.33. The van der Waals surface area contributed by atoms with Crippen LogP contribution in [0.5, 0.6) is 5.75 Å². The molecule has 10 nitrogen and oxygen atoms in total. The zero-order valence-electron chi connectivity index (χ0n) is 18.0. The number of aliphatic hydroxyl groups is 3. The largest absolute Gasteiger partial charge is 0.508 e. The number of carbonyl (C=O) groups excluding carboxylic acids is 4. The number of benzene rings is 1. The van der Waals surface area contributed by atoms with Crippen molar-refractivity contribution in [3.8, 4) is 5.75 Å². The molecule has 1 aromatic rings. The van der Waals surface area contributed by atoms with Gasteiger partial charge in [-0.2, -0.15) is 0 Å². The van der Waals surface area contributed by atoms with Crippen molar-refractivity contribution in [2.75, 3.05) is 14.1 Å². The summed E-state index contributed by atoms with van der Waals surface area (Å²) in [5.41, 5.74) is -0.772. The number of carbonyl (C=O) groups is 4. The van der Waals surface area contributed by atoms with Crippen molar-refractivity contribution < 1.29 is 39.6 Å². The van der Waals surface area contributed by atoms with Crippen molar-refractivity contribution in [1.82, 2.24) is 4.90 Å². The molecule has 11 heteroatoms. The summed E-state index contributed by atoms with van der Waals surface area (Å²) in [7, 11) is 2.96. The average molecular weight is 479 g/mol. The predicted molar refractivity (Wildman–Crippen MR) is 113 cm³/mol. The van der Waals surface area contributed by atoms with Crippen LogP contribution in [0.25, 0.3) is 0 Å². The molecule has 0 saturated heterocycles. The van der Waals surface area contributed by atoms with Crippen molar-refractivity contribution in [2.24, 2.45) is 23.5 Å². The third kappa shape index (κ3) is 2.78. The summed E-state index contributed by atoms with van der Waals surface area (Å²) in [4.78, 5) is 53.5. The van der Waals surface area contributed by atoms with Gasteiger partial charge in [-0.15, -0.1) is 0 Å². The second kappa shape index (κ2) is 7.10. The lowest BCUT2D eigenvalue weighted by atomic mass is 9.51. The minimum Gasteiger partial charge on any atom is -0.508 e. The molecule has 1 amide bonds. The van der Waals surface area contributed by atoms with E-state index in [1.807, 2.05) is 0 Å². The molecule has 0 aromatic heterocycles. The number of aliphatic hydroxyl groups excluding tert-OH is 1. The zero-order valence-corrected chi connectivity index (χ0v) is 18.8. The van der Waals surface area contributed by atoms with Crippen LogP contribution in [0.2, 0.25) is 5.02 Å². The summed E-state index contributed by atoms with van der Waals surface area (Å²) in [5, 5.41) is 44.1. The molecule has 33 heavy (non-hydrogen) atoms. The minimum absolute atomic E-state index is 0.00415. The van der Waals surface area contributed by atoms with Crippen molar-refractivity contribution in [3.63, 3.8) is 0 Å². The Labute approximate surface area is 193 Å². The normalized spacial score (nSPS) is 35.9. The van der Waals surface area contributed by atoms with E-state index in [-0.39, 0.29) is 22.6 Å². The lowest BCUT2D eigenvalue weighted by Gasteiger charge is -2.54. The molecule has 3 aliphatic carbocycles. The monoisotopic (exact) mass is 478 g/mol. The highest BCUT2D eigenvalue weighted by Crippen LogP contribution is 2.57. The van der Waals surface area contributed by atoms with Gasteiger partial charge in [0.05, 0.1) is 23.1 Å². The Hall–Kier alpha value is -2.79. The fourth-order valence-electron chi connectivity index (χ4n) is 5.81. The fourth-order valence-corrected chi connectivity index (χ4v) is 6.16. The van der Waals surface area contributed by atoms with Gasteiger partial charge in [-0.3, -0.25) is 24.1 Å². The molecule has 0 radical (unpaired) electrons. The maximum absolute atomic E-state index is 13.7. The van der Waals surface area contributed by atoms with Crippen molar-refractivity contribution >= 4 is 34.9 Å². The number of rotatable bonds is 2. The number of hydrogen-bond donors (Lipinski definition) is 5. The number of hydrogen-bond acceptors (Lipinski definition) is 9. The second-order valence-electron chi connectivity index (χ2n) is 9.25. The maximum Gasteiger partial charge on any atom is 0.255 e. The molecule has 0 aliphatic heterocycles. The Morgan fingerprint density at radius 3 is 2.27 bits per heavy atom. The van der Waals surface area contributed by atoms with Crippen LogP contribution in [0.4, 0.5) is 0 Å². The molecule has 0 bridgehead atoms. The van der Waals surface area contributed by atoms with E-state index in [2.05, 4.69) is 0 Å². The first-order chi connectivity index (χ1) is 15.2. The highest BCUT2D eigenvalue weighted by Gasteiger charge is 2.69. The number of primary amides is 1. The van der Waals surface area contributed by atoms with Crippen molar-refractivity contribution in [3.05, 3.63) is 39.6 Å². The van der Waals surface area contributed by atoms with Gasteiger partial charge in [0.25, 0.3) is 5.91 Å². The lowest BCUT2D eigenvalue weighted by molar-refractivity contribution is -0.174. The first kappa shape index (κ1) is 23.4. The van der Waals surface area contributed by atoms with E-state index in [9.17, 15) is 39.6 Å². The van der Waals surface area contributed by atoms with Crippen LogP contribution in [0.3, 0.4) is 0 Å². The van der Waals surface area contributed by atoms with Crippen LogP contribution in [-0.4, -0.2) is 74.3 Å². The van der Waals surface area contributed by atoms with Gasteiger partial charge in [-0.1, -0.05) is 11.6 Å². The highest BCUT2D eigenvalue weighted by atomic mass is 35.5. The smallest absolute Gasteiger partial charge is 0.255 e. The van der Waals surface area contributed by atoms with Crippen LogP contribution in [0.1, 0.15) is 29.3 Å². The lowest BCUT2D eigenvalue weighted by Crippen LogP contribution is -2.69. The van der Waals surface area contributed by atoms with E-state index in [0.717, 1.165) is 6.07 Å². The van der Waals surface area contributed by atoms with E-state index in [4.69, 9.17) is 17.3 Å². The number of nitrogens with two attached hydrogens (primary N) is 1. The summed E-state index contributed by atoms with van der Waals surface area (Å²) in [6.45, 7) is 1.33. The number of amides is 1. The summed E-state index contributed by atoms with van der Waals surface area (Å²) in [6.07, 6.45) is -0.262. The molecule has 4 rings (SSSR count). The zero-order chi connectivity index (χ0) is 24.8. The van der Waals surface area contributed by atoms with Gasteiger partial charge >= 0.3 is 0 Å². The standard InChI is InChI=1S/C22H23ClN2O8/c1-21(32)7-6-8-15(25(2)3)17(28)13(20(24)31)19(30)22(8,33)18(29)11(7)16(27)12-10(26)5-4-9(23)14(12)21/h4-5,7-8,11,15,26,30,32-33H,6H2,1-3H3,(H2,24,31). The first-order valence-electron chi connectivity index (χ1n) is 10.2. The van der Waals surface area contributed by atoms with Crippen LogP contribution in [0.15, 0.2) is 23.5 Å². The Kier molecular flexibility index (Phi) is 5.03. The molecule has 6 atom stereocenters. The SMILES string of the molecule is CN(C)C1C(=O)C(C(N)=O)=C(O)C2(O)C(=O)C3C(=O)c4c(O)ccc(Cl)c4C(C)(O)C3CC12. The molecular weight excluding hydrogens is 456 g/mol. The fraction of sp³-hybridized carbons (Fsp3) is 0.455. The summed E-state index contributed by atoms with van der Waals surface area (Å²) in [6, 6.07) is 1.19. The number of likely N-dealkylation sites (N-methyl/N-ethyl adjacent to an activating group) is 1. The van der Waals surface area contributed by atoms with Gasteiger partial charge in [0.1, 0.15) is 17.1 Å². The molecule has 3 aliphatic rings. The van der Waals surface area contributed by atoms with E-state index in [1.165, 1.54) is 32.0 Å². The number of aromatic hydroxyl groups is 1. The molecule has 6 unspecified atom stereocenters. The van der Waals surface area contributed by atoms with Gasteiger partial charge in [-0.05, 0) is 39.6 Å². The van der Waals surface area contributed by atoms with E-state index >= 15 is 0 Å². The Morgan fingerprint density at radius 1 is 1.12 bits per heavy atom. The van der Waals surface area contributed by atoms with Crippen molar-refractivity contribution in [2.45, 2.75) is 30.6 Å². The molecule has 0 spiro atoms. The number of phenols is 1. The number of nitrogens with zero attached hydrogens (tertiary/aromatic N) is 1. The maximum atomic E-state index is 13.7. The number of phenolic OH excluding ortho intramolecular Hbond substituents is 1. The van der Waals surface area contributed by atoms with Crippen molar-refractivity contribution in [1.29, 1.82) is 0 Å². The molecule has 1 aromatic carbocycles. The molecule has 1 saturated carbocycles. The van der Waals surface area contributed by atoms with E-state index in [0.29, 0.717) is 0 Å². The quantitative estimate of drug-likeness (QED) is 0.284. The molecule has 176 valence electrons. The number of fused-ring (bicyclic) bond motifs is 3. The third-order valence-corrected chi connectivity index (χ3v) is 7.61. The van der Waals surface area contributed by atoms with Crippen LogP contribution in [0, 0.1) is 17.8 Å². The Bertz CT molecular complexity index is 1170. The van der Waals surface area contributed by atoms with Gasteiger partial charge in [0.15, 0.2) is 23.0 Å². The van der Waals surface area contributed by atoms with E-state index in [1.54, 1.807) is 0 Å². The first-order valence-corrected chi connectivity index (χ1v) is 10.6. The molecule has 0 heterocycles. The Morgan fingerprint density at radius 2 is 1.73 bits per heavy atom. The molecular formula is C22H23ClN2O8. The van der Waals surface area contributed by atoms with Crippen LogP contribution in [-0.2, 0) is 20.0 Å².